The Bertz CT molecular complexity index is 437. The number of benzene rings is 1. The van der Waals surface area contributed by atoms with Crippen LogP contribution in [0.3, 0.4) is 0 Å². The summed E-state index contributed by atoms with van der Waals surface area (Å²) in [5.74, 6) is 0. The van der Waals surface area contributed by atoms with Crippen LogP contribution in [0.5, 0.6) is 0 Å². The second-order valence-corrected chi connectivity index (χ2v) is 3.73. The summed E-state index contributed by atoms with van der Waals surface area (Å²) in [7, 11) is 0. The number of rotatable bonds is 4. The van der Waals surface area contributed by atoms with Gasteiger partial charge in [0.15, 0.2) is 0 Å². The van der Waals surface area contributed by atoms with Crippen molar-refractivity contribution in [1.29, 1.82) is 0 Å². The standard InChI is InChI=1S/C14H16N2/c1-2-15-9-12-8-14(11-16-10-12)13-6-4-3-5-7-13/h3-8,10-11,15H,2,9H2,1H3. The van der Waals surface area contributed by atoms with Crippen LogP contribution in [0.15, 0.2) is 48.8 Å². The molecule has 0 bridgehead atoms. The molecule has 0 saturated carbocycles. The Labute approximate surface area is 96.4 Å². The molecule has 0 aliphatic heterocycles. The van der Waals surface area contributed by atoms with E-state index in [9.17, 15) is 0 Å². The van der Waals surface area contributed by atoms with Gasteiger partial charge in [0.2, 0.25) is 0 Å². The molecule has 0 fully saturated rings. The molecule has 2 heteroatoms. The Morgan fingerprint density at radius 3 is 2.62 bits per heavy atom. The fourth-order valence-electron chi connectivity index (χ4n) is 1.64. The molecule has 2 nitrogen and oxygen atoms in total. The van der Waals surface area contributed by atoms with Gasteiger partial charge in [-0.1, -0.05) is 37.3 Å². The molecule has 82 valence electrons. The zero-order valence-electron chi connectivity index (χ0n) is 9.48. The summed E-state index contributed by atoms with van der Waals surface area (Å²) in [5.41, 5.74) is 3.62. The highest BCUT2D eigenvalue weighted by Crippen LogP contribution is 2.18. The number of aromatic nitrogens is 1. The van der Waals surface area contributed by atoms with E-state index >= 15 is 0 Å². The summed E-state index contributed by atoms with van der Waals surface area (Å²) >= 11 is 0. The van der Waals surface area contributed by atoms with Crippen molar-refractivity contribution in [1.82, 2.24) is 10.3 Å². The lowest BCUT2D eigenvalue weighted by Crippen LogP contribution is -2.11. The monoisotopic (exact) mass is 212 g/mol. The highest BCUT2D eigenvalue weighted by molar-refractivity contribution is 5.62. The van der Waals surface area contributed by atoms with E-state index in [1.54, 1.807) is 0 Å². The van der Waals surface area contributed by atoms with Gasteiger partial charge >= 0.3 is 0 Å². The van der Waals surface area contributed by atoms with Crippen LogP contribution >= 0.6 is 0 Å². The fraction of sp³-hybridized carbons (Fsp3) is 0.214. The van der Waals surface area contributed by atoms with Crippen molar-refractivity contribution in [2.24, 2.45) is 0 Å². The molecule has 2 aromatic rings. The van der Waals surface area contributed by atoms with Gasteiger partial charge in [-0.05, 0) is 23.7 Å². The Morgan fingerprint density at radius 2 is 1.88 bits per heavy atom. The molecule has 0 aliphatic carbocycles. The summed E-state index contributed by atoms with van der Waals surface area (Å²) < 4.78 is 0. The summed E-state index contributed by atoms with van der Waals surface area (Å²) in [5, 5.41) is 3.30. The Hall–Kier alpha value is -1.67. The first-order valence-electron chi connectivity index (χ1n) is 5.60. The topological polar surface area (TPSA) is 24.9 Å². The third-order valence-electron chi connectivity index (χ3n) is 2.48. The maximum atomic E-state index is 4.27. The minimum absolute atomic E-state index is 0.879. The second kappa shape index (κ2) is 5.42. The van der Waals surface area contributed by atoms with Crippen LogP contribution < -0.4 is 5.32 Å². The van der Waals surface area contributed by atoms with E-state index in [4.69, 9.17) is 0 Å². The lowest BCUT2D eigenvalue weighted by Gasteiger charge is -2.05. The van der Waals surface area contributed by atoms with E-state index in [-0.39, 0.29) is 0 Å². The number of nitrogens with one attached hydrogen (secondary N) is 1. The highest BCUT2D eigenvalue weighted by Gasteiger charge is 1.98. The minimum Gasteiger partial charge on any atom is -0.313 e. The van der Waals surface area contributed by atoms with E-state index < -0.39 is 0 Å². The van der Waals surface area contributed by atoms with Crippen LogP contribution in [0.1, 0.15) is 12.5 Å². The van der Waals surface area contributed by atoms with Gasteiger partial charge in [-0.15, -0.1) is 0 Å². The van der Waals surface area contributed by atoms with Crippen molar-refractivity contribution in [3.63, 3.8) is 0 Å². The molecular weight excluding hydrogens is 196 g/mol. The van der Waals surface area contributed by atoms with E-state index in [2.05, 4.69) is 35.4 Å². The van der Waals surface area contributed by atoms with Crippen LogP contribution in [0.4, 0.5) is 0 Å². The van der Waals surface area contributed by atoms with Crippen molar-refractivity contribution < 1.29 is 0 Å². The Balaban J connectivity index is 2.22. The second-order valence-electron chi connectivity index (χ2n) is 3.73. The quantitative estimate of drug-likeness (QED) is 0.843. The molecule has 0 saturated heterocycles. The van der Waals surface area contributed by atoms with E-state index in [0.717, 1.165) is 13.1 Å². The number of hydrogen-bond donors (Lipinski definition) is 1. The van der Waals surface area contributed by atoms with Gasteiger partial charge in [-0.25, -0.2) is 0 Å². The lowest BCUT2D eigenvalue weighted by molar-refractivity contribution is 0.724. The predicted octanol–water partition coefficient (Wildman–Crippen LogP) is 2.86. The maximum Gasteiger partial charge on any atom is 0.0346 e. The van der Waals surface area contributed by atoms with Gasteiger partial charge in [-0.3, -0.25) is 4.98 Å². The molecule has 1 heterocycles. The van der Waals surface area contributed by atoms with E-state index in [1.807, 2.05) is 30.6 Å². The van der Waals surface area contributed by atoms with Gasteiger partial charge in [0.05, 0.1) is 0 Å². The van der Waals surface area contributed by atoms with Crippen molar-refractivity contribution in [3.05, 3.63) is 54.4 Å². The first-order chi connectivity index (χ1) is 7.90. The average Bonchev–Trinajstić information content (AvgIpc) is 2.38. The van der Waals surface area contributed by atoms with Gasteiger partial charge in [0.1, 0.15) is 0 Å². The van der Waals surface area contributed by atoms with Crippen LogP contribution in [-0.2, 0) is 6.54 Å². The number of hydrogen-bond acceptors (Lipinski definition) is 2. The van der Waals surface area contributed by atoms with Gasteiger partial charge < -0.3 is 5.32 Å². The van der Waals surface area contributed by atoms with Crippen LogP contribution in [0, 0.1) is 0 Å². The Kier molecular flexibility index (Phi) is 3.67. The first kappa shape index (κ1) is 10.8. The van der Waals surface area contributed by atoms with Crippen LogP contribution in [0.25, 0.3) is 11.1 Å². The van der Waals surface area contributed by atoms with Crippen molar-refractivity contribution >= 4 is 0 Å². The molecule has 1 N–H and O–H groups in total. The normalized spacial score (nSPS) is 10.3. The summed E-state index contributed by atoms with van der Waals surface area (Å²) in [6, 6.07) is 12.5. The molecule has 0 radical (unpaired) electrons. The molecular formula is C14H16N2. The average molecular weight is 212 g/mol. The molecule has 0 amide bonds. The van der Waals surface area contributed by atoms with Crippen LogP contribution in [0.2, 0.25) is 0 Å². The smallest absolute Gasteiger partial charge is 0.0346 e. The molecule has 0 aliphatic rings. The molecule has 0 spiro atoms. The molecule has 1 aromatic carbocycles. The molecule has 1 aromatic heterocycles. The van der Waals surface area contributed by atoms with Crippen molar-refractivity contribution in [3.8, 4) is 11.1 Å². The molecule has 16 heavy (non-hydrogen) atoms. The van der Waals surface area contributed by atoms with E-state index in [1.165, 1.54) is 16.7 Å². The Morgan fingerprint density at radius 1 is 1.06 bits per heavy atom. The lowest BCUT2D eigenvalue weighted by atomic mass is 10.1. The number of nitrogens with zero attached hydrogens (tertiary/aromatic N) is 1. The van der Waals surface area contributed by atoms with Crippen molar-refractivity contribution in [2.75, 3.05) is 6.54 Å². The van der Waals surface area contributed by atoms with E-state index in [0.29, 0.717) is 0 Å². The largest absolute Gasteiger partial charge is 0.313 e. The zero-order chi connectivity index (χ0) is 11.2. The minimum atomic E-state index is 0.879. The summed E-state index contributed by atoms with van der Waals surface area (Å²) in [6.07, 6.45) is 3.82. The third-order valence-corrected chi connectivity index (χ3v) is 2.48. The third kappa shape index (κ3) is 2.67. The zero-order valence-corrected chi connectivity index (χ0v) is 9.48. The fourth-order valence-corrected chi connectivity index (χ4v) is 1.64. The summed E-state index contributed by atoms with van der Waals surface area (Å²) in [4.78, 5) is 4.27. The summed E-state index contributed by atoms with van der Waals surface area (Å²) in [6.45, 7) is 3.97. The van der Waals surface area contributed by atoms with Gasteiger partial charge in [0.25, 0.3) is 0 Å². The van der Waals surface area contributed by atoms with Crippen molar-refractivity contribution in [2.45, 2.75) is 13.5 Å². The number of pyridine rings is 1. The first-order valence-corrected chi connectivity index (χ1v) is 5.60. The van der Waals surface area contributed by atoms with Gasteiger partial charge in [-0.2, -0.15) is 0 Å². The highest BCUT2D eigenvalue weighted by atomic mass is 14.8. The maximum absolute atomic E-state index is 4.27. The SMILES string of the molecule is CCNCc1cncc(-c2ccccc2)c1. The van der Waals surface area contributed by atoms with Gasteiger partial charge in [0, 0.05) is 24.5 Å². The van der Waals surface area contributed by atoms with Crippen LogP contribution in [-0.4, -0.2) is 11.5 Å². The molecule has 0 atom stereocenters. The molecule has 0 unspecified atom stereocenters. The predicted molar refractivity (Wildman–Crippen MR) is 67.1 cm³/mol. The molecule has 2 rings (SSSR count).